The molecule has 0 aliphatic heterocycles. The Bertz CT molecular complexity index is 829. The minimum absolute atomic E-state index is 0.0697. The lowest BCUT2D eigenvalue weighted by atomic mass is 10.2. The molecule has 0 atom stereocenters. The summed E-state index contributed by atoms with van der Waals surface area (Å²) in [6, 6.07) is 5.50. The largest absolute Gasteiger partial charge is 0.496 e. The molecule has 130 valence electrons. The number of nitrogens with one attached hydrogen (secondary N) is 2. The molecule has 0 saturated carbocycles. The van der Waals surface area contributed by atoms with Crippen LogP contribution < -0.4 is 14.8 Å². The van der Waals surface area contributed by atoms with Crippen molar-refractivity contribution in [3.05, 3.63) is 35.6 Å². The first kappa shape index (κ1) is 17.8. The van der Waals surface area contributed by atoms with Gasteiger partial charge in [0.25, 0.3) is 15.9 Å². The van der Waals surface area contributed by atoms with Gasteiger partial charge in [-0.25, -0.2) is 8.42 Å². The summed E-state index contributed by atoms with van der Waals surface area (Å²) >= 11 is 0. The van der Waals surface area contributed by atoms with E-state index in [0.29, 0.717) is 18.1 Å². The summed E-state index contributed by atoms with van der Waals surface area (Å²) in [5, 5.41) is 6.28. The molecule has 1 aromatic carbocycles. The van der Waals surface area contributed by atoms with E-state index >= 15 is 0 Å². The quantitative estimate of drug-likeness (QED) is 0.787. The number of aryl methyl sites for hydroxylation is 1. The lowest BCUT2D eigenvalue weighted by molar-refractivity contribution is 0.0950. The van der Waals surface area contributed by atoms with E-state index in [2.05, 4.69) is 15.2 Å². The van der Waals surface area contributed by atoms with Gasteiger partial charge in [-0.3, -0.25) is 9.52 Å². The van der Waals surface area contributed by atoms with Gasteiger partial charge >= 0.3 is 0 Å². The normalized spacial score (nSPS) is 11.1. The molecule has 2 rings (SSSR count). The highest BCUT2D eigenvalue weighted by Gasteiger charge is 2.21. The highest BCUT2D eigenvalue weighted by Crippen LogP contribution is 2.24. The summed E-state index contributed by atoms with van der Waals surface area (Å²) in [6.07, 6.45) is 0.763. The Hall–Kier alpha value is -2.55. The van der Waals surface area contributed by atoms with Crippen LogP contribution in [0, 0.1) is 6.92 Å². The molecular formula is C15H19N3O5S. The summed E-state index contributed by atoms with van der Waals surface area (Å²) in [5.41, 5.74) is 0.144. The maximum Gasteiger partial charge on any atom is 0.263 e. The summed E-state index contributed by atoms with van der Waals surface area (Å²) in [4.78, 5) is 12.1. The fraction of sp³-hybridized carbons (Fsp3) is 0.333. The summed E-state index contributed by atoms with van der Waals surface area (Å²) in [6.45, 7) is 4.05. The molecule has 1 amide bonds. The van der Waals surface area contributed by atoms with Gasteiger partial charge < -0.3 is 14.6 Å². The number of rotatable bonds is 7. The van der Waals surface area contributed by atoms with Crippen LogP contribution in [0.2, 0.25) is 0 Å². The molecule has 0 spiro atoms. The van der Waals surface area contributed by atoms with Gasteiger partial charge in [0, 0.05) is 12.6 Å². The molecular weight excluding hydrogens is 334 g/mol. The number of carbonyl (C=O) groups is 1. The zero-order valence-electron chi connectivity index (χ0n) is 13.6. The number of sulfonamides is 1. The monoisotopic (exact) mass is 353 g/mol. The highest BCUT2D eigenvalue weighted by molar-refractivity contribution is 7.92. The number of amides is 1. The van der Waals surface area contributed by atoms with Crippen molar-refractivity contribution < 1.29 is 22.5 Å². The molecule has 1 heterocycles. The second-order valence-corrected chi connectivity index (χ2v) is 6.73. The standard InChI is InChI=1S/C15H19N3O5S/c1-4-7-16-15(19)12-9-11(5-6-13(12)22-3)24(20,21)18-14-8-10(2)23-17-14/h5-6,8-9H,4,7H2,1-3H3,(H,16,19)(H,17,18). The van der Waals surface area contributed by atoms with Crippen LogP contribution in [0.1, 0.15) is 29.5 Å². The molecule has 0 fully saturated rings. The topological polar surface area (TPSA) is 111 Å². The van der Waals surface area contributed by atoms with E-state index in [0.717, 1.165) is 6.42 Å². The zero-order chi connectivity index (χ0) is 17.7. The van der Waals surface area contributed by atoms with Crippen molar-refractivity contribution in [2.75, 3.05) is 18.4 Å². The van der Waals surface area contributed by atoms with E-state index in [9.17, 15) is 13.2 Å². The van der Waals surface area contributed by atoms with Gasteiger partial charge in [0.1, 0.15) is 11.5 Å². The fourth-order valence-electron chi connectivity index (χ4n) is 1.98. The van der Waals surface area contributed by atoms with Gasteiger partial charge in [0.05, 0.1) is 17.6 Å². The van der Waals surface area contributed by atoms with Crippen LogP contribution in [-0.4, -0.2) is 33.1 Å². The third-order valence-electron chi connectivity index (χ3n) is 3.13. The predicted molar refractivity (Wildman–Crippen MR) is 87.7 cm³/mol. The van der Waals surface area contributed by atoms with Crippen molar-refractivity contribution in [3.8, 4) is 5.75 Å². The number of methoxy groups -OCH3 is 1. The summed E-state index contributed by atoms with van der Waals surface area (Å²) < 4.78 is 37.1. The van der Waals surface area contributed by atoms with Crippen molar-refractivity contribution in [2.45, 2.75) is 25.2 Å². The lowest BCUT2D eigenvalue weighted by Crippen LogP contribution is -2.25. The van der Waals surface area contributed by atoms with Crippen LogP contribution >= 0.6 is 0 Å². The van der Waals surface area contributed by atoms with Gasteiger partial charge in [0.15, 0.2) is 5.82 Å². The average molecular weight is 353 g/mol. The Labute approximate surface area is 140 Å². The maximum atomic E-state index is 12.4. The highest BCUT2D eigenvalue weighted by atomic mass is 32.2. The number of anilines is 1. The molecule has 9 heteroatoms. The second kappa shape index (κ2) is 7.35. The van der Waals surface area contributed by atoms with Crippen LogP contribution in [0.5, 0.6) is 5.75 Å². The molecule has 2 N–H and O–H groups in total. The van der Waals surface area contributed by atoms with Crippen molar-refractivity contribution in [3.63, 3.8) is 0 Å². The Kier molecular flexibility index (Phi) is 5.45. The smallest absolute Gasteiger partial charge is 0.263 e. The fourth-order valence-corrected chi connectivity index (χ4v) is 2.99. The molecule has 8 nitrogen and oxygen atoms in total. The van der Waals surface area contributed by atoms with E-state index in [1.165, 1.54) is 31.4 Å². The SMILES string of the molecule is CCCNC(=O)c1cc(S(=O)(=O)Nc2cc(C)on2)ccc1OC. The molecule has 0 saturated heterocycles. The molecule has 0 bridgehead atoms. The predicted octanol–water partition coefficient (Wildman–Crippen LogP) is 1.93. The van der Waals surface area contributed by atoms with E-state index < -0.39 is 15.9 Å². The van der Waals surface area contributed by atoms with Crippen LogP contribution in [0.4, 0.5) is 5.82 Å². The first-order valence-electron chi connectivity index (χ1n) is 7.29. The Morgan fingerprint density at radius 2 is 2.08 bits per heavy atom. The molecule has 0 aliphatic rings. The number of nitrogens with zero attached hydrogens (tertiary/aromatic N) is 1. The Morgan fingerprint density at radius 3 is 2.67 bits per heavy atom. The third-order valence-corrected chi connectivity index (χ3v) is 4.48. The Balaban J connectivity index is 2.34. The number of ether oxygens (including phenoxy) is 1. The van der Waals surface area contributed by atoms with Crippen LogP contribution in [0.3, 0.4) is 0 Å². The lowest BCUT2D eigenvalue weighted by Gasteiger charge is -2.11. The van der Waals surface area contributed by atoms with Gasteiger partial charge in [-0.1, -0.05) is 12.1 Å². The summed E-state index contributed by atoms with van der Waals surface area (Å²) in [7, 11) is -2.50. The van der Waals surface area contributed by atoms with E-state index in [1.54, 1.807) is 6.92 Å². The molecule has 24 heavy (non-hydrogen) atoms. The third kappa shape index (κ3) is 4.05. The van der Waals surface area contributed by atoms with E-state index in [4.69, 9.17) is 9.26 Å². The molecule has 0 aliphatic carbocycles. The van der Waals surface area contributed by atoms with E-state index in [1.807, 2.05) is 6.92 Å². The minimum atomic E-state index is -3.91. The molecule has 0 radical (unpaired) electrons. The van der Waals surface area contributed by atoms with Gasteiger partial charge in [-0.05, 0) is 31.5 Å². The number of aromatic nitrogens is 1. The van der Waals surface area contributed by atoms with Crippen molar-refractivity contribution in [1.29, 1.82) is 0 Å². The van der Waals surface area contributed by atoms with Crippen LogP contribution in [0.15, 0.2) is 33.7 Å². The maximum absolute atomic E-state index is 12.4. The van der Waals surface area contributed by atoms with Gasteiger partial charge in [0.2, 0.25) is 0 Å². The first-order chi connectivity index (χ1) is 11.4. The minimum Gasteiger partial charge on any atom is -0.496 e. The van der Waals surface area contributed by atoms with Crippen LogP contribution in [0.25, 0.3) is 0 Å². The number of carbonyl (C=O) groups excluding carboxylic acids is 1. The van der Waals surface area contributed by atoms with Gasteiger partial charge in [-0.2, -0.15) is 0 Å². The second-order valence-electron chi connectivity index (χ2n) is 5.05. The molecule has 0 unspecified atom stereocenters. The van der Waals surface area contributed by atoms with Crippen molar-refractivity contribution in [1.82, 2.24) is 10.5 Å². The first-order valence-corrected chi connectivity index (χ1v) is 8.78. The Morgan fingerprint density at radius 1 is 1.33 bits per heavy atom. The molecule has 2 aromatic rings. The average Bonchev–Trinajstić information content (AvgIpc) is 2.96. The van der Waals surface area contributed by atoms with Crippen LogP contribution in [-0.2, 0) is 10.0 Å². The number of benzene rings is 1. The van der Waals surface area contributed by atoms with Crippen molar-refractivity contribution >= 4 is 21.7 Å². The zero-order valence-corrected chi connectivity index (χ0v) is 14.4. The van der Waals surface area contributed by atoms with E-state index in [-0.39, 0.29) is 16.3 Å². The number of hydrogen-bond acceptors (Lipinski definition) is 6. The molecule has 1 aromatic heterocycles. The van der Waals surface area contributed by atoms with Crippen molar-refractivity contribution in [2.24, 2.45) is 0 Å². The van der Waals surface area contributed by atoms with Gasteiger partial charge in [-0.15, -0.1) is 0 Å². The number of hydrogen-bond donors (Lipinski definition) is 2. The summed E-state index contributed by atoms with van der Waals surface area (Å²) in [5.74, 6) is 0.435.